The number of hydrogen-bond acceptors (Lipinski definition) is 0. The molecular weight excluding hydrogens is 444 g/mol. The van der Waals surface area contributed by atoms with Gasteiger partial charge in [-0.3, -0.25) is 0 Å². The van der Waals surface area contributed by atoms with Crippen LogP contribution in [-0.2, 0) is 0 Å². The highest BCUT2D eigenvalue weighted by Gasteiger charge is 1.95. The Morgan fingerprint density at radius 3 is 0.595 bits per heavy atom. The van der Waals surface area contributed by atoms with Gasteiger partial charge in [0.15, 0.2) is 0 Å². The molecule has 0 nitrogen and oxygen atoms in total. The highest BCUT2D eigenvalue weighted by atomic mass is 14.0. The second-order valence-electron chi connectivity index (χ2n) is 11.7. The fourth-order valence-electron chi connectivity index (χ4n) is 5.14. The lowest BCUT2D eigenvalue weighted by atomic mass is 10.0. The van der Waals surface area contributed by atoms with Gasteiger partial charge >= 0.3 is 0 Å². The summed E-state index contributed by atoms with van der Waals surface area (Å²) in [6, 6.07) is 0. The van der Waals surface area contributed by atoms with Crippen LogP contribution in [0.5, 0.6) is 0 Å². The zero-order valence-electron chi connectivity index (χ0n) is 26.5. The summed E-state index contributed by atoms with van der Waals surface area (Å²) in [7, 11) is 0. The first-order chi connectivity index (χ1) is 18.3. The van der Waals surface area contributed by atoms with Crippen molar-refractivity contribution in [3.63, 3.8) is 0 Å². The van der Waals surface area contributed by atoms with Gasteiger partial charge in [0.25, 0.3) is 0 Å². The minimum absolute atomic E-state index is 1.21. The van der Waals surface area contributed by atoms with E-state index in [4.69, 9.17) is 0 Å². The molecule has 222 valence electrons. The van der Waals surface area contributed by atoms with Crippen LogP contribution in [0, 0.1) is 0 Å². The second-order valence-corrected chi connectivity index (χ2v) is 11.7. The fraction of sp³-hybridized carbons (Fsp3) is 0.892. The van der Waals surface area contributed by atoms with Gasteiger partial charge < -0.3 is 0 Å². The number of hydrogen-bond donors (Lipinski definition) is 0. The summed E-state index contributed by atoms with van der Waals surface area (Å²) in [5.74, 6) is 0. The van der Waals surface area contributed by atoms with Gasteiger partial charge in [0.05, 0.1) is 0 Å². The Morgan fingerprint density at radius 1 is 0.270 bits per heavy atom. The van der Waals surface area contributed by atoms with E-state index in [2.05, 4.69) is 27.0 Å². The van der Waals surface area contributed by atoms with Gasteiger partial charge in [-0.2, -0.15) is 0 Å². The third kappa shape index (κ3) is 42.8. The zero-order valence-corrected chi connectivity index (χ0v) is 26.5. The standard InChI is InChI=1S/C19H38.C18H36/c1-3-5-7-9-11-13-15-17-19-18-16-14-12-10-8-6-4-2;1-3-5-7-9-11-13-15-17-18-16-14-12-10-8-6-4-2/h3H,1,4-19H2,2H3;3H,1,4-18H2,2H3. The predicted octanol–water partition coefficient (Wildman–Crippen LogP) is 14.5. The molecule has 0 bridgehead atoms. The van der Waals surface area contributed by atoms with Crippen LogP contribution in [0.25, 0.3) is 0 Å². The van der Waals surface area contributed by atoms with Crippen LogP contribution >= 0.6 is 0 Å². The topological polar surface area (TPSA) is 0 Å². The Labute approximate surface area is 238 Å². The van der Waals surface area contributed by atoms with Crippen molar-refractivity contribution in [2.24, 2.45) is 0 Å². The highest BCUT2D eigenvalue weighted by Crippen LogP contribution is 2.14. The Bertz CT molecular complexity index is 381. The van der Waals surface area contributed by atoms with E-state index in [-0.39, 0.29) is 0 Å². The quantitative estimate of drug-likeness (QED) is 0.0632. The first-order valence-electron chi connectivity index (χ1n) is 17.5. The minimum Gasteiger partial charge on any atom is -0.103 e. The molecule has 0 unspecified atom stereocenters. The number of rotatable bonds is 31. The van der Waals surface area contributed by atoms with Crippen molar-refractivity contribution < 1.29 is 0 Å². The van der Waals surface area contributed by atoms with Crippen molar-refractivity contribution >= 4 is 0 Å². The van der Waals surface area contributed by atoms with E-state index in [1.54, 1.807) is 0 Å². The molecule has 0 spiro atoms. The SMILES string of the molecule is C=CCCCCCCCCCCCCCCCC.C=CCCCCCCCCCCCCCCCCC. The summed E-state index contributed by atoms with van der Waals surface area (Å²) in [4.78, 5) is 0. The molecule has 0 aromatic heterocycles. The van der Waals surface area contributed by atoms with Gasteiger partial charge in [0, 0.05) is 0 Å². The maximum absolute atomic E-state index is 3.76. The molecule has 0 radical (unpaired) electrons. The second kappa shape index (κ2) is 40.0. The van der Waals surface area contributed by atoms with E-state index < -0.39 is 0 Å². The van der Waals surface area contributed by atoms with E-state index in [0.29, 0.717) is 0 Å². The molecule has 0 aliphatic carbocycles. The molecule has 0 heteroatoms. The van der Waals surface area contributed by atoms with E-state index >= 15 is 0 Å². The van der Waals surface area contributed by atoms with Crippen molar-refractivity contribution in [3.05, 3.63) is 25.3 Å². The molecule has 0 fully saturated rings. The molecule has 0 saturated heterocycles. The van der Waals surface area contributed by atoms with Crippen LogP contribution in [0.2, 0.25) is 0 Å². The fourth-order valence-corrected chi connectivity index (χ4v) is 5.14. The first-order valence-corrected chi connectivity index (χ1v) is 17.5. The summed E-state index contributed by atoms with van der Waals surface area (Å²) < 4.78 is 0. The summed E-state index contributed by atoms with van der Waals surface area (Å²) in [5.41, 5.74) is 0. The molecule has 0 saturated carbocycles. The molecule has 0 aromatic carbocycles. The van der Waals surface area contributed by atoms with Gasteiger partial charge in [0.2, 0.25) is 0 Å². The average molecular weight is 519 g/mol. The van der Waals surface area contributed by atoms with Gasteiger partial charge in [-0.05, 0) is 25.7 Å². The lowest BCUT2D eigenvalue weighted by Crippen LogP contribution is -1.83. The van der Waals surface area contributed by atoms with Crippen LogP contribution in [0.15, 0.2) is 25.3 Å². The number of unbranched alkanes of at least 4 members (excludes halogenated alkanes) is 29. The molecule has 0 amide bonds. The minimum atomic E-state index is 1.21. The molecule has 37 heavy (non-hydrogen) atoms. The summed E-state index contributed by atoms with van der Waals surface area (Å²) in [6.07, 6.45) is 48.4. The van der Waals surface area contributed by atoms with E-state index in [0.717, 1.165) is 0 Å². The number of allylic oxidation sites excluding steroid dienone is 2. The van der Waals surface area contributed by atoms with Crippen LogP contribution in [0.4, 0.5) is 0 Å². The summed E-state index contributed by atoms with van der Waals surface area (Å²) in [6.45, 7) is 12.1. The maximum Gasteiger partial charge on any atom is -0.0353 e. The van der Waals surface area contributed by atoms with Crippen molar-refractivity contribution in [3.8, 4) is 0 Å². The molecule has 0 rings (SSSR count). The highest BCUT2D eigenvalue weighted by molar-refractivity contribution is 4.66. The third-order valence-corrected chi connectivity index (χ3v) is 7.77. The van der Waals surface area contributed by atoms with Gasteiger partial charge in [-0.25, -0.2) is 0 Å². The average Bonchev–Trinajstić information content (AvgIpc) is 2.91. The summed E-state index contributed by atoms with van der Waals surface area (Å²) >= 11 is 0. The van der Waals surface area contributed by atoms with Crippen LogP contribution in [-0.4, -0.2) is 0 Å². The lowest BCUT2D eigenvalue weighted by Gasteiger charge is -2.03. The van der Waals surface area contributed by atoms with Crippen molar-refractivity contribution in [1.82, 2.24) is 0 Å². The lowest BCUT2D eigenvalue weighted by molar-refractivity contribution is 0.533. The molecule has 0 aliphatic rings. The van der Waals surface area contributed by atoms with E-state index in [1.807, 2.05) is 12.2 Å². The molecule has 0 aromatic rings. The van der Waals surface area contributed by atoms with Crippen molar-refractivity contribution in [1.29, 1.82) is 0 Å². The largest absolute Gasteiger partial charge is 0.103 e. The van der Waals surface area contributed by atoms with Gasteiger partial charge in [0.1, 0.15) is 0 Å². The zero-order chi connectivity index (χ0) is 27.3. The van der Waals surface area contributed by atoms with Crippen LogP contribution in [0.1, 0.15) is 213 Å². The molecule has 0 atom stereocenters. The molecular formula is C37H74. The molecule has 0 N–H and O–H groups in total. The Hall–Kier alpha value is -0.520. The third-order valence-electron chi connectivity index (χ3n) is 7.77. The molecule has 0 heterocycles. The van der Waals surface area contributed by atoms with Crippen molar-refractivity contribution in [2.45, 2.75) is 213 Å². The smallest absolute Gasteiger partial charge is 0.0353 e. The Balaban J connectivity index is 0. The first kappa shape index (κ1) is 38.6. The van der Waals surface area contributed by atoms with Gasteiger partial charge in [-0.1, -0.05) is 199 Å². The monoisotopic (exact) mass is 519 g/mol. The Morgan fingerprint density at radius 2 is 0.432 bits per heavy atom. The maximum atomic E-state index is 3.76. The summed E-state index contributed by atoms with van der Waals surface area (Å²) in [5, 5.41) is 0. The van der Waals surface area contributed by atoms with E-state index in [9.17, 15) is 0 Å². The predicted molar refractivity (Wildman–Crippen MR) is 175 cm³/mol. The van der Waals surface area contributed by atoms with Crippen molar-refractivity contribution in [2.75, 3.05) is 0 Å². The van der Waals surface area contributed by atoms with Gasteiger partial charge in [-0.15, -0.1) is 13.2 Å². The normalized spacial score (nSPS) is 10.8. The van der Waals surface area contributed by atoms with Crippen LogP contribution in [0.3, 0.4) is 0 Å². The Kier molecular flexibility index (Phi) is 41.7. The van der Waals surface area contributed by atoms with E-state index in [1.165, 1.54) is 199 Å². The van der Waals surface area contributed by atoms with Crippen LogP contribution < -0.4 is 0 Å². The molecule has 0 aliphatic heterocycles.